The summed E-state index contributed by atoms with van der Waals surface area (Å²) in [5.74, 6) is 1.56. The number of aryl methyl sites for hydroxylation is 1. The summed E-state index contributed by atoms with van der Waals surface area (Å²) in [5, 5.41) is 9.31. The first-order chi connectivity index (χ1) is 14.5. The lowest BCUT2D eigenvalue weighted by Gasteiger charge is -2.32. The smallest absolute Gasteiger partial charge is 0.238 e. The fourth-order valence-corrected chi connectivity index (χ4v) is 3.92. The molecule has 1 aliphatic heterocycles. The predicted molar refractivity (Wildman–Crippen MR) is 108 cm³/mol. The number of halogens is 2. The third-order valence-electron chi connectivity index (χ3n) is 5.63. The van der Waals surface area contributed by atoms with E-state index < -0.39 is 6.43 Å². The first-order valence-electron chi connectivity index (χ1n) is 10.2. The van der Waals surface area contributed by atoms with Crippen LogP contribution in [0.15, 0.2) is 34.9 Å². The van der Waals surface area contributed by atoms with Gasteiger partial charge in [0.05, 0.1) is 23.8 Å². The van der Waals surface area contributed by atoms with Gasteiger partial charge in [0.1, 0.15) is 0 Å². The predicted octanol–water partition coefficient (Wildman–Crippen LogP) is 4.42. The lowest BCUT2D eigenvalue weighted by Crippen LogP contribution is -2.39. The second-order valence-electron chi connectivity index (χ2n) is 7.82. The molecule has 0 radical (unpaired) electrons. The van der Waals surface area contributed by atoms with Gasteiger partial charge in [-0.15, -0.1) is 0 Å². The molecule has 1 aromatic carbocycles. The van der Waals surface area contributed by atoms with E-state index in [1.165, 1.54) is 0 Å². The van der Waals surface area contributed by atoms with E-state index in [4.69, 9.17) is 4.42 Å². The number of hydrogen-bond acceptors (Lipinski definition) is 5. The van der Waals surface area contributed by atoms with E-state index >= 15 is 0 Å². The minimum atomic E-state index is -2.25. The molecular formula is C22H24F2N4O2. The van der Waals surface area contributed by atoms with Gasteiger partial charge in [-0.2, -0.15) is 10.2 Å². The number of amides is 1. The molecule has 0 unspecified atom stereocenters. The summed E-state index contributed by atoms with van der Waals surface area (Å²) in [6.45, 7) is 3.02. The number of oxazole rings is 1. The van der Waals surface area contributed by atoms with E-state index in [9.17, 15) is 13.6 Å². The van der Waals surface area contributed by atoms with Crippen molar-refractivity contribution < 1.29 is 18.0 Å². The van der Waals surface area contributed by atoms with E-state index in [0.29, 0.717) is 36.9 Å². The highest BCUT2D eigenvalue weighted by Crippen LogP contribution is 2.26. The summed E-state index contributed by atoms with van der Waals surface area (Å²) in [4.78, 5) is 18.6. The first kappa shape index (κ1) is 20.4. The van der Waals surface area contributed by atoms with E-state index in [1.54, 1.807) is 18.0 Å². The van der Waals surface area contributed by atoms with Crippen LogP contribution in [-0.4, -0.2) is 45.5 Å². The normalized spacial score (nSPS) is 15.3. The zero-order valence-corrected chi connectivity index (χ0v) is 16.9. The van der Waals surface area contributed by atoms with E-state index in [1.807, 2.05) is 24.3 Å². The SMILES string of the molecule is Cc1ncc(-c2ccc3nnc(CC(=O)N4CCC(CCC(F)F)CC4)cc3c2)o1. The Hall–Kier alpha value is -2.90. The van der Waals surface area contributed by atoms with Gasteiger partial charge in [0, 0.05) is 37.4 Å². The van der Waals surface area contributed by atoms with Crippen molar-refractivity contribution in [2.75, 3.05) is 13.1 Å². The molecule has 1 aliphatic rings. The molecule has 0 spiro atoms. The number of fused-ring (bicyclic) bond motifs is 1. The van der Waals surface area contributed by atoms with Crippen LogP contribution in [0.2, 0.25) is 0 Å². The van der Waals surface area contributed by atoms with E-state index in [-0.39, 0.29) is 24.7 Å². The maximum atomic E-state index is 12.7. The lowest BCUT2D eigenvalue weighted by molar-refractivity contribution is -0.132. The highest BCUT2D eigenvalue weighted by Gasteiger charge is 2.24. The second kappa shape index (κ2) is 8.85. The zero-order valence-electron chi connectivity index (χ0n) is 16.9. The largest absolute Gasteiger partial charge is 0.441 e. The summed E-state index contributed by atoms with van der Waals surface area (Å²) in [7, 11) is 0. The summed E-state index contributed by atoms with van der Waals surface area (Å²) in [6.07, 6.45) is 1.65. The van der Waals surface area contributed by atoms with Crippen LogP contribution in [0.25, 0.3) is 22.2 Å². The summed E-state index contributed by atoms with van der Waals surface area (Å²) in [5.41, 5.74) is 2.24. The number of carbonyl (C=O) groups is 1. The van der Waals surface area contributed by atoms with Crippen molar-refractivity contribution in [2.45, 2.75) is 45.5 Å². The average Bonchev–Trinajstić information content (AvgIpc) is 3.18. The average molecular weight is 414 g/mol. The second-order valence-corrected chi connectivity index (χ2v) is 7.82. The standard InChI is InChI=1S/C22H24F2N4O2/c1-14-25-13-20(30-14)16-3-4-19-17(10-16)11-18(26-27-19)12-22(29)28-8-6-15(7-9-28)2-5-21(23)24/h3-4,10-11,13,15,21H,2,5-9,12H2,1H3. The molecule has 1 fully saturated rings. The number of nitrogens with zero attached hydrogens (tertiary/aromatic N) is 4. The molecule has 6 nitrogen and oxygen atoms in total. The highest BCUT2D eigenvalue weighted by molar-refractivity contribution is 5.85. The van der Waals surface area contributed by atoms with Crippen LogP contribution in [0.4, 0.5) is 8.78 Å². The molecule has 2 aromatic heterocycles. The Bertz CT molecular complexity index is 1030. The van der Waals surface area contributed by atoms with E-state index in [2.05, 4.69) is 15.2 Å². The number of aromatic nitrogens is 3. The number of hydrogen-bond donors (Lipinski definition) is 0. The molecule has 0 atom stereocenters. The third-order valence-corrected chi connectivity index (χ3v) is 5.63. The Morgan fingerprint density at radius 2 is 2.03 bits per heavy atom. The van der Waals surface area contributed by atoms with Crippen LogP contribution >= 0.6 is 0 Å². The van der Waals surface area contributed by atoms with Crippen LogP contribution in [0.5, 0.6) is 0 Å². The third kappa shape index (κ3) is 4.80. The van der Waals surface area contributed by atoms with Crippen molar-refractivity contribution in [1.29, 1.82) is 0 Å². The summed E-state index contributed by atoms with van der Waals surface area (Å²) < 4.78 is 30.4. The maximum Gasteiger partial charge on any atom is 0.238 e. The maximum absolute atomic E-state index is 12.7. The molecule has 3 aromatic rings. The van der Waals surface area contributed by atoms with Gasteiger partial charge in [-0.1, -0.05) is 0 Å². The number of alkyl halides is 2. The Kier molecular flexibility index (Phi) is 6.01. The Labute approximate surface area is 173 Å². The van der Waals surface area contributed by atoms with Crippen LogP contribution < -0.4 is 0 Å². The molecule has 8 heteroatoms. The number of likely N-dealkylation sites (tertiary alicyclic amines) is 1. The van der Waals surface area contributed by atoms with Crippen molar-refractivity contribution in [3.05, 3.63) is 42.0 Å². The Balaban J connectivity index is 1.40. The van der Waals surface area contributed by atoms with E-state index in [0.717, 1.165) is 29.3 Å². The fourth-order valence-electron chi connectivity index (χ4n) is 3.92. The molecule has 1 saturated heterocycles. The highest BCUT2D eigenvalue weighted by atomic mass is 19.3. The van der Waals surface area contributed by atoms with Gasteiger partial charge in [0.15, 0.2) is 11.7 Å². The van der Waals surface area contributed by atoms with Gasteiger partial charge in [-0.3, -0.25) is 4.79 Å². The first-order valence-corrected chi connectivity index (χ1v) is 10.2. The molecule has 3 heterocycles. The number of rotatable bonds is 6. The van der Waals surface area contributed by atoms with Crippen LogP contribution in [0.3, 0.4) is 0 Å². The van der Waals surface area contributed by atoms with Crippen molar-refractivity contribution in [2.24, 2.45) is 5.92 Å². The molecule has 1 amide bonds. The molecule has 0 N–H and O–H groups in total. The molecular weight excluding hydrogens is 390 g/mol. The van der Waals surface area contributed by atoms with Gasteiger partial charge in [-0.05, 0) is 49.4 Å². The van der Waals surface area contributed by atoms with Crippen molar-refractivity contribution in [1.82, 2.24) is 20.1 Å². The molecule has 0 bridgehead atoms. The number of carbonyl (C=O) groups excluding carboxylic acids is 1. The van der Waals surface area contributed by atoms with Crippen LogP contribution in [-0.2, 0) is 11.2 Å². The zero-order chi connectivity index (χ0) is 21.1. The minimum Gasteiger partial charge on any atom is -0.441 e. The fraction of sp³-hybridized carbons (Fsp3) is 0.455. The monoisotopic (exact) mass is 414 g/mol. The minimum absolute atomic E-state index is 0.00188. The van der Waals surface area contributed by atoms with Crippen LogP contribution in [0.1, 0.15) is 37.3 Å². The quantitative estimate of drug-likeness (QED) is 0.597. The summed E-state index contributed by atoms with van der Waals surface area (Å²) in [6, 6.07) is 7.60. The number of benzene rings is 1. The summed E-state index contributed by atoms with van der Waals surface area (Å²) >= 11 is 0. The molecule has 4 rings (SSSR count). The van der Waals surface area contributed by atoms with Gasteiger partial charge in [0.2, 0.25) is 12.3 Å². The molecule has 0 saturated carbocycles. The number of piperidine rings is 1. The molecule has 0 aliphatic carbocycles. The Morgan fingerprint density at radius 1 is 1.23 bits per heavy atom. The molecule has 30 heavy (non-hydrogen) atoms. The lowest BCUT2D eigenvalue weighted by atomic mass is 9.92. The Morgan fingerprint density at radius 3 is 2.73 bits per heavy atom. The van der Waals surface area contributed by atoms with Gasteiger partial charge in [-0.25, -0.2) is 13.8 Å². The van der Waals surface area contributed by atoms with Gasteiger partial charge >= 0.3 is 0 Å². The van der Waals surface area contributed by atoms with Crippen molar-refractivity contribution in [3.8, 4) is 11.3 Å². The van der Waals surface area contributed by atoms with Gasteiger partial charge in [0.25, 0.3) is 0 Å². The van der Waals surface area contributed by atoms with Crippen LogP contribution in [0, 0.1) is 12.8 Å². The van der Waals surface area contributed by atoms with Crippen molar-refractivity contribution in [3.63, 3.8) is 0 Å². The molecule has 158 valence electrons. The van der Waals surface area contributed by atoms with Gasteiger partial charge < -0.3 is 9.32 Å². The topological polar surface area (TPSA) is 72.1 Å². The van der Waals surface area contributed by atoms with Crippen molar-refractivity contribution >= 4 is 16.8 Å².